The van der Waals surface area contributed by atoms with Crippen LogP contribution in [-0.4, -0.2) is 14.1 Å². The molecule has 0 bridgehead atoms. The molecule has 0 N–H and O–H groups in total. The fraction of sp³-hybridized carbons (Fsp3) is 0.0909. The van der Waals surface area contributed by atoms with Crippen LogP contribution in [0.5, 0.6) is 0 Å². The van der Waals surface area contributed by atoms with Crippen molar-refractivity contribution < 1.29 is 0 Å². The van der Waals surface area contributed by atoms with E-state index in [-0.39, 0.29) is 0 Å². The van der Waals surface area contributed by atoms with Gasteiger partial charge in [0.25, 0.3) is 0 Å². The van der Waals surface area contributed by atoms with Gasteiger partial charge in [-0.1, -0.05) is 72.8 Å². The fourth-order valence-electron chi connectivity index (χ4n) is 2.53. The highest BCUT2D eigenvalue weighted by atomic mass is 15.1. The molecule has 0 amide bonds. The number of fused-ring (bicyclic) bond motifs is 1. The topological polar surface area (TPSA) is 3.24 Å². The highest BCUT2D eigenvalue weighted by Crippen LogP contribution is 2.17. The Labute approximate surface area is 138 Å². The monoisotopic (exact) mass is 299 g/mol. The minimum absolute atomic E-state index is 1.21. The largest absolute Gasteiger partial charge is 0.378 e. The van der Waals surface area contributed by atoms with Crippen molar-refractivity contribution in [3.63, 3.8) is 0 Å². The second kappa shape index (κ2) is 6.97. The fourth-order valence-corrected chi connectivity index (χ4v) is 2.53. The maximum atomic E-state index is 2.21. The van der Waals surface area contributed by atoms with Crippen molar-refractivity contribution >= 4 is 28.6 Å². The molecule has 0 atom stereocenters. The molecule has 0 heterocycles. The first-order chi connectivity index (χ1) is 11.2. The molecule has 0 aliphatic carbocycles. The second-order valence-corrected chi connectivity index (χ2v) is 5.81. The number of allylic oxidation sites excluding steroid dienone is 2. The summed E-state index contributed by atoms with van der Waals surface area (Å²) in [5.41, 5.74) is 3.64. The zero-order valence-electron chi connectivity index (χ0n) is 13.6. The zero-order valence-corrected chi connectivity index (χ0v) is 13.6. The van der Waals surface area contributed by atoms with Crippen LogP contribution in [0.4, 0.5) is 5.69 Å². The van der Waals surface area contributed by atoms with Crippen LogP contribution in [0.3, 0.4) is 0 Å². The lowest BCUT2D eigenvalue weighted by Gasteiger charge is -2.11. The summed E-state index contributed by atoms with van der Waals surface area (Å²) in [6, 6.07) is 23.5. The van der Waals surface area contributed by atoms with Gasteiger partial charge in [0, 0.05) is 19.8 Å². The van der Waals surface area contributed by atoms with E-state index in [1.807, 2.05) is 0 Å². The zero-order chi connectivity index (χ0) is 16.1. The van der Waals surface area contributed by atoms with Crippen LogP contribution in [0, 0.1) is 0 Å². The van der Waals surface area contributed by atoms with Crippen molar-refractivity contribution in [2.75, 3.05) is 19.0 Å². The van der Waals surface area contributed by atoms with E-state index in [0.29, 0.717) is 0 Å². The molecule has 3 aromatic rings. The van der Waals surface area contributed by atoms with E-state index in [0.717, 1.165) is 0 Å². The molecule has 1 heteroatoms. The molecule has 0 spiro atoms. The standard InChI is InChI=1S/C22H21N/c1-23(2)22-15-12-18(13-16-22)7-3-4-8-19-11-14-20-9-5-6-10-21(20)17-19/h3-17H,1-2H3. The molecular weight excluding hydrogens is 278 g/mol. The van der Waals surface area contributed by atoms with Gasteiger partial charge >= 0.3 is 0 Å². The molecule has 0 fully saturated rings. The molecule has 0 saturated carbocycles. The summed E-state index contributed by atoms with van der Waals surface area (Å²) >= 11 is 0. The first-order valence-electron chi connectivity index (χ1n) is 7.83. The van der Waals surface area contributed by atoms with Gasteiger partial charge in [0.05, 0.1) is 0 Å². The van der Waals surface area contributed by atoms with Crippen molar-refractivity contribution in [1.29, 1.82) is 0 Å². The molecular formula is C22H21N. The molecule has 0 radical (unpaired) electrons. The lowest BCUT2D eigenvalue weighted by Crippen LogP contribution is -2.07. The van der Waals surface area contributed by atoms with Crippen LogP contribution >= 0.6 is 0 Å². The lowest BCUT2D eigenvalue weighted by atomic mass is 10.1. The Balaban J connectivity index is 1.69. The van der Waals surface area contributed by atoms with Gasteiger partial charge in [0.1, 0.15) is 0 Å². The average Bonchev–Trinajstić information content (AvgIpc) is 2.59. The predicted molar refractivity (Wildman–Crippen MR) is 103 cm³/mol. The summed E-state index contributed by atoms with van der Waals surface area (Å²) in [6.07, 6.45) is 8.43. The van der Waals surface area contributed by atoms with Crippen molar-refractivity contribution in [3.8, 4) is 0 Å². The summed E-state index contributed by atoms with van der Waals surface area (Å²) in [4.78, 5) is 2.10. The van der Waals surface area contributed by atoms with Gasteiger partial charge in [-0.2, -0.15) is 0 Å². The molecule has 0 aromatic heterocycles. The summed E-state index contributed by atoms with van der Waals surface area (Å²) in [5, 5.41) is 2.55. The molecule has 0 saturated heterocycles. The van der Waals surface area contributed by atoms with Crippen LogP contribution in [0.15, 0.2) is 78.9 Å². The summed E-state index contributed by atoms with van der Waals surface area (Å²) in [6.45, 7) is 0. The first kappa shape index (κ1) is 15.1. The number of nitrogens with zero attached hydrogens (tertiary/aromatic N) is 1. The molecule has 3 rings (SSSR count). The highest BCUT2D eigenvalue weighted by molar-refractivity contribution is 5.84. The van der Waals surface area contributed by atoms with E-state index >= 15 is 0 Å². The van der Waals surface area contributed by atoms with Crippen LogP contribution in [0.25, 0.3) is 22.9 Å². The minimum Gasteiger partial charge on any atom is -0.378 e. The van der Waals surface area contributed by atoms with Crippen molar-refractivity contribution in [3.05, 3.63) is 90.0 Å². The maximum Gasteiger partial charge on any atom is 0.0361 e. The van der Waals surface area contributed by atoms with Crippen molar-refractivity contribution in [1.82, 2.24) is 0 Å². The van der Waals surface area contributed by atoms with Gasteiger partial charge in [0.15, 0.2) is 0 Å². The van der Waals surface area contributed by atoms with Gasteiger partial charge in [-0.25, -0.2) is 0 Å². The Kier molecular flexibility index (Phi) is 4.58. The number of benzene rings is 3. The van der Waals surface area contributed by atoms with Crippen LogP contribution in [-0.2, 0) is 0 Å². The quantitative estimate of drug-likeness (QED) is 0.564. The summed E-state index contributed by atoms with van der Waals surface area (Å²) in [5.74, 6) is 0. The second-order valence-electron chi connectivity index (χ2n) is 5.81. The third-order valence-corrected chi connectivity index (χ3v) is 3.87. The van der Waals surface area contributed by atoms with E-state index in [1.165, 1.54) is 27.6 Å². The van der Waals surface area contributed by atoms with E-state index in [1.54, 1.807) is 0 Å². The molecule has 0 unspecified atom stereocenters. The van der Waals surface area contributed by atoms with Gasteiger partial charge in [-0.3, -0.25) is 0 Å². The molecule has 23 heavy (non-hydrogen) atoms. The summed E-state index contributed by atoms with van der Waals surface area (Å²) in [7, 11) is 4.11. The lowest BCUT2D eigenvalue weighted by molar-refractivity contribution is 1.13. The van der Waals surface area contributed by atoms with Gasteiger partial charge < -0.3 is 4.90 Å². The van der Waals surface area contributed by atoms with Gasteiger partial charge in [-0.05, 0) is 40.1 Å². The first-order valence-corrected chi connectivity index (χ1v) is 7.83. The molecule has 1 nitrogen and oxygen atoms in total. The highest BCUT2D eigenvalue weighted by Gasteiger charge is 1.93. The molecule has 0 aliphatic rings. The predicted octanol–water partition coefficient (Wildman–Crippen LogP) is 5.63. The van der Waals surface area contributed by atoms with Crippen molar-refractivity contribution in [2.45, 2.75) is 0 Å². The number of hydrogen-bond acceptors (Lipinski definition) is 1. The third kappa shape index (κ3) is 3.89. The normalized spacial score (nSPS) is 11.6. The average molecular weight is 299 g/mol. The van der Waals surface area contributed by atoms with E-state index < -0.39 is 0 Å². The Morgan fingerprint density at radius 1 is 0.652 bits per heavy atom. The SMILES string of the molecule is CN(C)c1ccc(C=CC=Cc2ccc3ccccc3c2)cc1. The Hall–Kier alpha value is -2.80. The molecule has 3 aromatic carbocycles. The number of anilines is 1. The Morgan fingerprint density at radius 3 is 1.96 bits per heavy atom. The summed E-state index contributed by atoms with van der Waals surface area (Å²) < 4.78 is 0. The third-order valence-electron chi connectivity index (χ3n) is 3.87. The maximum absolute atomic E-state index is 2.21. The van der Waals surface area contributed by atoms with Gasteiger partial charge in [0.2, 0.25) is 0 Å². The molecule has 0 aliphatic heterocycles. The smallest absolute Gasteiger partial charge is 0.0361 e. The number of hydrogen-bond donors (Lipinski definition) is 0. The van der Waals surface area contributed by atoms with Crippen LogP contribution in [0.1, 0.15) is 11.1 Å². The van der Waals surface area contributed by atoms with Crippen LogP contribution < -0.4 is 4.90 Å². The number of rotatable bonds is 4. The Morgan fingerprint density at radius 2 is 1.26 bits per heavy atom. The van der Waals surface area contributed by atoms with Crippen molar-refractivity contribution in [2.24, 2.45) is 0 Å². The van der Waals surface area contributed by atoms with Gasteiger partial charge in [-0.15, -0.1) is 0 Å². The molecule has 114 valence electrons. The van der Waals surface area contributed by atoms with E-state index in [4.69, 9.17) is 0 Å². The van der Waals surface area contributed by atoms with E-state index in [9.17, 15) is 0 Å². The van der Waals surface area contributed by atoms with E-state index in [2.05, 4.69) is 110 Å². The van der Waals surface area contributed by atoms with Crippen LogP contribution in [0.2, 0.25) is 0 Å². The minimum atomic E-state index is 1.21. The Bertz CT molecular complexity index is 839.